The lowest BCUT2D eigenvalue weighted by molar-refractivity contribution is -0.0775. The predicted molar refractivity (Wildman–Crippen MR) is 74.8 cm³/mol. The van der Waals surface area contributed by atoms with Gasteiger partial charge in [0.25, 0.3) is 0 Å². The molecule has 1 aromatic rings. The second-order valence-electron chi connectivity index (χ2n) is 4.78. The van der Waals surface area contributed by atoms with Gasteiger partial charge < -0.3 is 14.2 Å². The van der Waals surface area contributed by atoms with Gasteiger partial charge in [0.15, 0.2) is 0 Å². The van der Waals surface area contributed by atoms with Crippen LogP contribution in [0.5, 0.6) is 5.75 Å². The Hall–Kier alpha value is -1.99. The Morgan fingerprint density at radius 1 is 1.40 bits per heavy atom. The van der Waals surface area contributed by atoms with Crippen molar-refractivity contribution in [1.29, 1.82) is 0 Å². The third-order valence-electron chi connectivity index (χ3n) is 3.51. The minimum atomic E-state index is -0.418. The van der Waals surface area contributed by atoms with E-state index in [-0.39, 0.29) is 5.41 Å². The van der Waals surface area contributed by atoms with Gasteiger partial charge in [-0.2, -0.15) is 0 Å². The summed E-state index contributed by atoms with van der Waals surface area (Å²) >= 11 is 0. The summed E-state index contributed by atoms with van der Waals surface area (Å²) < 4.78 is 15.2. The fraction of sp³-hybridized carbons (Fsp3) is 0.438. The SMILES string of the molecule is CCC1(C#Cc2ccc(C(=O)OC)c(OC)c2)COC1. The van der Waals surface area contributed by atoms with Crippen LogP contribution in [0, 0.1) is 17.3 Å². The molecule has 1 fully saturated rings. The van der Waals surface area contributed by atoms with Crippen molar-refractivity contribution in [2.75, 3.05) is 27.4 Å². The first-order chi connectivity index (χ1) is 9.64. The Kier molecular flexibility index (Phi) is 4.31. The molecule has 0 aliphatic carbocycles. The van der Waals surface area contributed by atoms with Gasteiger partial charge in [0.2, 0.25) is 0 Å². The number of hydrogen-bond donors (Lipinski definition) is 0. The van der Waals surface area contributed by atoms with E-state index in [0.29, 0.717) is 24.5 Å². The van der Waals surface area contributed by atoms with E-state index in [1.54, 1.807) is 18.2 Å². The van der Waals surface area contributed by atoms with Gasteiger partial charge in [0, 0.05) is 5.56 Å². The summed E-state index contributed by atoms with van der Waals surface area (Å²) in [7, 11) is 2.86. The summed E-state index contributed by atoms with van der Waals surface area (Å²) in [6.45, 7) is 3.49. The fourth-order valence-corrected chi connectivity index (χ4v) is 1.97. The van der Waals surface area contributed by atoms with Crippen LogP contribution >= 0.6 is 0 Å². The highest BCUT2D eigenvalue weighted by Crippen LogP contribution is 2.30. The molecule has 0 N–H and O–H groups in total. The normalized spacial score (nSPS) is 15.6. The summed E-state index contributed by atoms with van der Waals surface area (Å²) in [4.78, 5) is 11.6. The molecular formula is C16H18O4. The van der Waals surface area contributed by atoms with Crippen molar-refractivity contribution in [2.45, 2.75) is 13.3 Å². The highest BCUT2D eigenvalue weighted by Gasteiger charge is 2.34. The topological polar surface area (TPSA) is 44.8 Å². The Balaban J connectivity index is 2.26. The number of esters is 1. The quantitative estimate of drug-likeness (QED) is 0.626. The van der Waals surface area contributed by atoms with Gasteiger partial charge in [-0.3, -0.25) is 0 Å². The zero-order chi connectivity index (χ0) is 14.6. The summed E-state index contributed by atoms with van der Waals surface area (Å²) in [5, 5.41) is 0. The minimum Gasteiger partial charge on any atom is -0.496 e. The van der Waals surface area contributed by atoms with Gasteiger partial charge in [-0.1, -0.05) is 18.8 Å². The van der Waals surface area contributed by atoms with Crippen LogP contribution in [-0.4, -0.2) is 33.4 Å². The molecule has 1 heterocycles. The second kappa shape index (κ2) is 5.98. The smallest absolute Gasteiger partial charge is 0.341 e. The first-order valence-corrected chi connectivity index (χ1v) is 6.51. The molecule has 0 radical (unpaired) electrons. The number of methoxy groups -OCH3 is 2. The molecule has 0 atom stereocenters. The average molecular weight is 274 g/mol. The zero-order valence-corrected chi connectivity index (χ0v) is 12.0. The molecule has 1 aliphatic rings. The molecule has 0 unspecified atom stereocenters. The van der Waals surface area contributed by atoms with Crippen LogP contribution in [-0.2, 0) is 9.47 Å². The molecule has 4 nitrogen and oxygen atoms in total. The first-order valence-electron chi connectivity index (χ1n) is 6.51. The summed E-state index contributed by atoms with van der Waals surface area (Å²) in [6, 6.07) is 5.22. The number of hydrogen-bond acceptors (Lipinski definition) is 4. The maximum atomic E-state index is 11.6. The van der Waals surface area contributed by atoms with Gasteiger partial charge in [-0.25, -0.2) is 4.79 Å². The second-order valence-corrected chi connectivity index (χ2v) is 4.78. The highest BCUT2D eigenvalue weighted by molar-refractivity contribution is 5.92. The molecule has 2 rings (SSSR count). The summed E-state index contributed by atoms with van der Waals surface area (Å²) in [5.74, 6) is 6.45. The standard InChI is InChI=1S/C16H18O4/c1-4-16(10-20-11-16)8-7-12-5-6-13(15(17)19-3)14(9-12)18-2/h5-6,9H,4,10-11H2,1-3H3. The lowest BCUT2D eigenvalue weighted by Gasteiger charge is -2.35. The van der Waals surface area contributed by atoms with E-state index in [9.17, 15) is 4.79 Å². The van der Waals surface area contributed by atoms with Crippen molar-refractivity contribution in [3.05, 3.63) is 29.3 Å². The molecule has 0 spiro atoms. The monoisotopic (exact) mass is 274 g/mol. The molecule has 0 saturated carbocycles. The largest absolute Gasteiger partial charge is 0.496 e. The predicted octanol–water partition coefficient (Wildman–Crippen LogP) is 2.26. The number of carbonyl (C=O) groups excluding carboxylic acids is 1. The molecule has 4 heteroatoms. The number of carbonyl (C=O) groups is 1. The molecule has 20 heavy (non-hydrogen) atoms. The maximum Gasteiger partial charge on any atom is 0.341 e. The van der Waals surface area contributed by atoms with E-state index in [1.165, 1.54) is 14.2 Å². The van der Waals surface area contributed by atoms with Gasteiger partial charge in [-0.05, 0) is 24.6 Å². The van der Waals surface area contributed by atoms with Gasteiger partial charge in [0.05, 0.1) is 32.8 Å². The van der Waals surface area contributed by atoms with Crippen molar-refractivity contribution in [2.24, 2.45) is 5.41 Å². The number of benzene rings is 1. The maximum absolute atomic E-state index is 11.6. The van der Waals surface area contributed by atoms with E-state index in [0.717, 1.165) is 12.0 Å². The molecule has 106 valence electrons. The van der Waals surface area contributed by atoms with Crippen LogP contribution in [0.3, 0.4) is 0 Å². The van der Waals surface area contributed by atoms with Gasteiger partial charge in [0.1, 0.15) is 11.3 Å². The van der Waals surface area contributed by atoms with Crippen LogP contribution in [0.2, 0.25) is 0 Å². The molecule has 1 aliphatic heterocycles. The number of ether oxygens (including phenoxy) is 3. The third kappa shape index (κ3) is 2.78. The minimum absolute atomic E-state index is 0.0196. The first kappa shape index (κ1) is 14.4. The summed E-state index contributed by atoms with van der Waals surface area (Å²) in [5.41, 5.74) is 1.20. The van der Waals surface area contributed by atoms with Gasteiger partial charge in [-0.15, -0.1) is 0 Å². The molecule has 1 saturated heterocycles. The lowest BCUT2D eigenvalue weighted by Crippen LogP contribution is -2.40. The van der Waals surface area contributed by atoms with Crippen molar-refractivity contribution in [3.8, 4) is 17.6 Å². The van der Waals surface area contributed by atoms with E-state index in [2.05, 4.69) is 18.8 Å². The van der Waals surface area contributed by atoms with Gasteiger partial charge >= 0.3 is 5.97 Å². The van der Waals surface area contributed by atoms with Crippen LogP contribution in [0.25, 0.3) is 0 Å². The van der Waals surface area contributed by atoms with Crippen molar-refractivity contribution in [3.63, 3.8) is 0 Å². The van der Waals surface area contributed by atoms with Crippen LogP contribution in [0.15, 0.2) is 18.2 Å². The highest BCUT2D eigenvalue weighted by atomic mass is 16.5. The van der Waals surface area contributed by atoms with E-state index in [4.69, 9.17) is 14.2 Å². The van der Waals surface area contributed by atoms with E-state index < -0.39 is 5.97 Å². The van der Waals surface area contributed by atoms with Crippen LogP contribution in [0.1, 0.15) is 29.3 Å². The van der Waals surface area contributed by atoms with Crippen molar-refractivity contribution >= 4 is 5.97 Å². The Bertz CT molecular complexity index is 556. The number of rotatable bonds is 3. The Morgan fingerprint density at radius 3 is 2.65 bits per heavy atom. The molecule has 0 amide bonds. The molecule has 0 bridgehead atoms. The van der Waals surface area contributed by atoms with Crippen molar-refractivity contribution in [1.82, 2.24) is 0 Å². The van der Waals surface area contributed by atoms with Crippen molar-refractivity contribution < 1.29 is 19.0 Å². The fourth-order valence-electron chi connectivity index (χ4n) is 1.97. The summed E-state index contributed by atoms with van der Waals surface area (Å²) in [6.07, 6.45) is 0.970. The van der Waals surface area contributed by atoms with Crippen LogP contribution in [0.4, 0.5) is 0 Å². The van der Waals surface area contributed by atoms with E-state index in [1.807, 2.05) is 0 Å². The molecule has 0 aromatic heterocycles. The van der Waals surface area contributed by atoms with Crippen LogP contribution < -0.4 is 4.74 Å². The molecule has 1 aromatic carbocycles. The van der Waals surface area contributed by atoms with E-state index >= 15 is 0 Å². The zero-order valence-electron chi connectivity index (χ0n) is 12.0. The third-order valence-corrected chi connectivity index (χ3v) is 3.51. The Labute approximate surface area is 119 Å². The average Bonchev–Trinajstić information content (AvgIpc) is 2.45. The molecular weight excluding hydrogens is 256 g/mol. The lowest BCUT2D eigenvalue weighted by atomic mass is 9.84. The Morgan fingerprint density at radius 2 is 2.15 bits per heavy atom.